The van der Waals surface area contributed by atoms with Crippen LogP contribution in [-0.2, 0) is 0 Å². The highest BCUT2D eigenvalue weighted by molar-refractivity contribution is 9.10. The van der Waals surface area contributed by atoms with Crippen LogP contribution in [0.3, 0.4) is 0 Å². The van der Waals surface area contributed by atoms with Gasteiger partial charge in [-0.25, -0.2) is 0 Å². The van der Waals surface area contributed by atoms with Crippen molar-refractivity contribution in [2.75, 3.05) is 0 Å². The van der Waals surface area contributed by atoms with Crippen LogP contribution >= 0.6 is 15.9 Å². The summed E-state index contributed by atoms with van der Waals surface area (Å²) in [4.78, 5) is 0. The molecular weight excluding hydrogens is 260 g/mol. The summed E-state index contributed by atoms with van der Waals surface area (Å²) in [7, 11) is 0. The lowest BCUT2D eigenvalue weighted by molar-refractivity contribution is -0.143. The highest BCUT2D eigenvalue weighted by atomic mass is 79.9. The minimum Gasteiger partial charge on any atom is -0.0853 e. The van der Waals surface area contributed by atoms with Crippen LogP contribution in [0.25, 0.3) is 0 Å². The Kier molecular flexibility index (Phi) is 1.61. The summed E-state index contributed by atoms with van der Waals surface area (Å²) in [6, 6.07) is 0. The Balaban J connectivity index is 1.69. The van der Waals surface area contributed by atoms with Crippen LogP contribution in [0, 0.1) is 41.4 Å². The molecule has 0 N–H and O–H groups in total. The van der Waals surface area contributed by atoms with E-state index in [1.54, 1.807) is 25.7 Å². The highest BCUT2D eigenvalue weighted by Gasteiger charge is 2.63. The van der Waals surface area contributed by atoms with E-state index in [9.17, 15) is 0 Å². The Morgan fingerprint density at radius 1 is 0.750 bits per heavy atom. The predicted octanol–water partition coefficient (Wildman–Crippen LogP) is 4.23. The lowest BCUT2D eigenvalue weighted by Crippen LogP contribution is -2.58. The van der Waals surface area contributed by atoms with Gasteiger partial charge in [0.1, 0.15) is 0 Å². The number of fused-ring (bicyclic) bond motifs is 1. The number of hydrogen-bond acceptors (Lipinski definition) is 0. The van der Waals surface area contributed by atoms with Crippen LogP contribution in [0.5, 0.6) is 0 Å². The van der Waals surface area contributed by atoms with Gasteiger partial charge in [-0.3, -0.25) is 0 Å². The molecule has 0 heterocycles. The molecule has 88 valence electrons. The molecule has 16 heavy (non-hydrogen) atoms. The van der Waals surface area contributed by atoms with Crippen molar-refractivity contribution in [1.82, 2.24) is 0 Å². The summed E-state index contributed by atoms with van der Waals surface area (Å²) in [6.07, 6.45) is 11.0. The molecule has 7 aliphatic rings. The first-order chi connectivity index (χ1) is 7.73. The van der Waals surface area contributed by atoms with Gasteiger partial charge >= 0.3 is 0 Å². The van der Waals surface area contributed by atoms with Gasteiger partial charge in [-0.2, -0.15) is 0 Å². The molecular formula is C15H21Br. The third-order valence-corrected chi connectivity index (χ3v) is 8.29. The quantitative estimate of drug-likeness (QED) is 0.583. The van der Waals surface area contributed by atoms with Crippen LogP contribution < -0.4 is 0 Å². The Hall–Kier alpha value is 0.480. The highest BCUT2D eigenvalue weighted by Crippen LogP contribution is 2.71. The second-order valence-electron chi connectivity index (χ2n) is 7.65. The SMILES string of the molecule is BrC12CCC3C4CC5CC3C(C1)C(C5)C4C2. The number of halogens is 1. The van der Waals surface area contributed by atoms with Gasteiger partial charge in [-0.15, -0.1) is 0 Å². The first-order valence-electron chi connectivity index (χ1n) is 7.42. The molecule has 0 aromatic rings. The van der Waals surface area contributed by atoms with Crippen molar-refractivity contribution in [1.29, 1.82) is 0 Å². The van der Waals surface area contributed by atoms with Gasteiger partial charge in [0.05, 0.1) is 0 Å². The van der Waals surface area contributed by atoms with E-state index in [0.717, 1.165) is 23.7 Å². The fourth-order valence-electron chi connectivity index (χ4n) is 6.99. The smallest absolute Gasteiger partial charge is 0.0263 e. The minimum atomic E-state index is 0.588. The third-order valence-electron chi connectivity index (χ3n) is 7.24. The van der Waals surface area contributed by atoms with Crippen LogP contribution in [0.1, 0.15) is 44.9 Å². The molecule has 7 fully saturated rings. The molecule has 7 saturated carbocycles. The zero-order valence-electron chi connectivity index (χ0n) is 9.87. The Morgan fingerprint density at radius 3 is 1.94 bits per heavy atom. The van der Waals surface area contributed by atoms with Crippen molar-refractivity contribution in [3.63, 3.8) is 0 Å². The van der Waals surface area contributed by atoms with Gasteiger partial charge < -0.3 is 0 Å². The maximum Gasteiger partial charge on any atom is 0.0263 e. The topological polar surface area (TPSA) is 0 Å². The van der Waals surface area contributed by atoms with Gasteiger partial charge in [0.2, 0.25) is 0 Å². The summed E-state index contributed by atoms with van der Waals surface area (Å²) in [6.45, 7) is 0. The first kappa shape index (κ1) is 9.42. The maximum absolute atomic E-state index is 4.16. The molecule has 0 spiro atoms. The van der Waals surface area contributed by atoms with Gasteiger partial charge in [-0.05, 0) is 86.4 Å². The van der Waals surface area contributed by atoms with Gasteiger partial charge in [0, 0.05) is 4.32 Å². The molecule has 4 unspecified atom stereocenters. The molecule has 0 aromatic carbocycles. The molecule has 7 aliphatic carbocycles. The van der Waals surface area contributed by atoms with E-state index in [0.29, 0.717) is 4.32 Å². The van der Waals surface area contributed by atoms with E-state index in [1.165, 1.54) is 37.0 Å². The monoisotopic (exact) mass is 280 g/mol. The summed E-state index contributed by atoms with van der Waals surface area (Å²) in [5, 5.41) is 0. The van der Waals surface area contributed by atoms with Crippen molar-refractivity contribution < 1.29 is 0 Å². The molecule has 0 aliphatic heterocycles. The number of rotatable bonds is 0. The van der Waals surface area contributed by atoms with Crippen molar-refractivity contribution in [3.05, 3.63) is 0 Å². The minimum absolute atomic E-state index is 0.588. The molecule has 7 rings (SSSR count). The maximum atomic E-state index is 4.16. The van der Waals surface area contributed by atoms with E-state index in [2.05, 4.69) is 15.9 Å². The number of hydrogen-bond donors (Lipinski definition) is 0. The first-order valence-corrected chi connectivity index (χ1v) is 8.22. The van der Waals surface area contributed by atoms with Gasteiger partial charge in [-0.1, -0.05) is 15.9 Å². The van der Waals surface area contributed by atoms with Crippen LogP contribution in [0.4, 0.5) is 0 Å². The Bertz CT molecular complexity index is 325. The molecule has 4 atom stereocenters. The van der Waals surface area contributed by atoms with Crippen LogP contribution in [-0.4, -0.2) is 4.32 Å². The second-order valence-corrected chi connectivity index (χ2v) is 9.34. The van der Waals surface area contributed by atoms with E-state index in [4.69, 9.17) is 0 Å². The van der Waals surface area contributed by atoms with Crippen molar-refractivity contribution in [2.45, 2.75) is 49.3 Å². The third kappa shape index (κ3) is 0.955. The molecule has 8 bridgehead atoms. The van der Waals surface area contributed by atoms with E-state index in [1.807, 2.05) is 0 Å². The molecule has 1 heteroatoms. The van der Waals surface area contributed by atoms with Gasteiger partial charge in [0.25, 0.3) is 0 Å². The summed E-state index contributed by atoms with van der Waals surface area (Å²) >= 11 is 4.16. The second kappa shape index (κ2) is 2.73. The summed E-state index contributed by atoms with van der Waals surface area (Å²) in [5.41, 5.74) is 0. The molecule has 0 aromatic heterocycles. The normalized spacial score (nSPS) is 69.9. The van der Waals surface area contributed by atoms with E-state index < -0.39 is 0 Å². The van der Waals surface area contributed by atoms with Crippen LogP contribution in [0.2, 0.25) is 0 Å². The summed E-state index contributed by atoms with van der Waals surface area (Å²) in [5.74, 6) is 8.09. The van der Waals surface area contributed by atoms with Gasteiger partial charge in [0.15, 0.2) is 0 Å². The van der Waals surface area contributed by atoms with Crippen molar-refractivity contribution >= 4 is 15.9 Å². The lowest BCUT2D eigenvalue weighted by Gasteiger charge is -2.64. The molecule has 0 saturated heterocycles. The van der Waals surface area contributed by atoms with Crippen LogP contribution in [0.15, 0.2) is 0 Å². The zero-order chi connectivity index (χ0) is 10.5. The molecule has 0 radical (unpaired) electrons. The molecule has 0 amide bonds. The Morgan fingerprint density at radius 2 is 1.31 bits per heavy atom. The fraction of sp³-hybridized carbons (Fsp3) is 1.00. The zero-order valence-corrected chi connectivity index (χ0v) is 11.5. The average Bonchev–Trinajstić information content (AvgIpc) is 2.48. The standard InChI is InChI=1S/C15H21Br/c16-15-2-1-9-10-3-8-4-11(9)14(7-15)12(5-8)13(10)6-15/h8-14H,1-7H2. The fourth-order valence-corrected chi connectivity index (χ4v) is 7.97. The predicted molar refractivity (Wildman–Crippen MR) is 68.4 cm³/mol. The van der Waals surface area contributed by atoms with Crippen molar-refractivity contribution in [3.8, 4) is 0 Å². The average molecular weight is 281 g/mol. The Labute approximate surface area is 107 Å². The summed E-state index contributed by atoms with van der Waals surface area (Å²) < 4.78 is 0.588. The lowest BCUT2D eigenvalue weighted by atomic mass is 9.41. The van der Waals surface area contributed by atoms with E-state index in [-0.39, 0.29) is 0 Å². The molecule has 0 nitrogen and oxygen atoms in total. The number of alkyl halides is 1. The van der Waals surface area contributed by atoms with E-state index >= 15 is 0 Å². The largest absolute Gasteiger partial charge is 0.0853 e. The van der Waals surface area contributed by atoms with Crippen molar-refractivity contribution in [2.24, 2.45) is 41.4 Å².